The summed E-state index contributed by atoms with van der Waals surface area (Å²) in [5.41, 5.74) is 3.43. The summed E-state index contributed by atoms with van der Waals surface area (Å²) in [6, 6.07) is 14.1. The number of anilines is 1. The van der Waals surface area contributed by atoms with Gasteiger partial charge in [-0.25, -0.2) is 9.69 Å². The smallest absolute Gasteiger partial charge is 0.333 e. The Bertz CT molecular complexity index is 1290. The molecule has 1 saturated heterocycles. The van der Waals surface area contributed by atoms with Crippen molar-refractivity contribution in [2.75, 3.05) is 4.90 Å². The highest BCUT2D eigenvalue weighted by atomic mass is 16.2. The van der Waals surface area contributed by atoms with E-state index in [-0.39, 0.29) is 12.1 Å². The average Bonchev–Trinajstić information content (AvgIpc) is 3.06. The molecule has 4 amide bonds. The number of benzene rings is 2. The summed E-state index contributed by atoms with van der Waals surface area (Å²) in [6.07, 6.45) is 3.19. The van der Waals surface area contributed by atoms with Crippen molar-refractivity contribution in [2.45, 2.75) is 20.4 Å². The van der Waals surface area contributed by atoms with Gasteiger partial charge >= 0.3 is 6.03 Å². The predicted molar refractivity (Wildman–Crippen MR) is 112 cm³/mol. The second kappa shape index (κ2) is 7.33. The molecule has 0 saturated carbocycles. The number of rotatable bonds is 3. The van der Waals surface area contributed by atoms with E-state index < -0.39 is 17.8 Å². The number of nitrogens with zero attached hydrogens (tertiary/aromatic N) is 3. The van der Waals surface area contributed by atoms with E-state index >= 15 is 0 Å². The van der Waals surface area contributed by atoms with Crippen LogP contribution in [0.3, 0.4) is 0 Å². The van der Waals surface area contributed by atoms with E-state index in [1.54, 1.807) is 22.9 Å². The molecule has 1 aromatic heterocycles. The van der Waals surface area contributed by atoms with Gasteiger partial charge < -0.3 is 4.57 Å². The number of hydrogen-bond acceptors (Lipinski definition) is 4. The monoisotopic (exact) mass is 398 g/mol. The van der Waals surface area contributed by atoms with Gasteiger partial charge in [0.05, 0.1) is 11.8 Å². The third-order valence-corrected chi connectivity index (χ3v) is 5.28. The number of nitriles is 1. The van der Waals surface area contributed by atoms with Crippen LogP contribution in [-0.2, 0) is 16.1 Å². The zero-order valence-electron chi connectivity index (χ0n) is 16.5. The van der Waals surface area contributed by atoms with E-state index in [1.807, 2.05) is 44.2 Å². The van der Waals surface area contributed by atoms with Crippen LogP contribution in [0.5, 0.6) is 0 Å². The SMILES string of the molecule is Cc1cccc(N2C(=O)NC(=O)C(=Cc3cn(CC#N)c4ccccc34)C2=O)c1C. The lowest BCUT2D eigenvalue weighted by Crippen LogP contribution is -2.54. The van der Waals surface area contributed by atoms with Gasteiger partial charge in [0.25, 0.3) is 11.8 Å². The largest absolute Gasteiger partial charge is 0.335 e. The normalized spacial score (nSPS) is 15.6. The Balaban J connectivity index is 1.84. The number of fused-ring (bicyclic) bond motifs is 1. The molecule has 3 aromatic rings. The maximum absolute atomic E-state index is 13.2. The van der Waals surface area contributed by atoms with Crippen LogP contribution in [0.15, 0.2) is 54.2 Å². The van der Waals surface area contributed by atoms with Crippen molar-refractivity contribution in [1.29, 1.82) is 5.26 Å². The highest BCUT2D eigenvalue weighted by molar-refractivity contribution is 6.39. The van der Waals surface area contributed by atoms with Gasteiger partial charge in [0.2, 0.25) is 0 Å². The van der Waals surface area contributed by atoms with Crippen LogP contribution in [0, 0.1) is 25.2 Å². The van der Waals surface area contributed by atoms with Crippen molar-refractivity contribution in [3.63, 3.8) is 0 Å². The lowest BCUT2D eigenvalue weighted by Gasteiger charge is -2.28. The molecule has 0 aliphatic carbocycles. The number of carbonyl (C=O) groups is 3. The van der Waals surface area contributed by atoms with Gasteiger partial charge in [-0.1, -0.05) is 30.3 Å². The maximum atomic E-state index is 13.2. The number of barbiturate groups is 1. The summed E-state index contributed by atoms with van der Waals surface area (Å²) in [6.45, 7) is 3.84. The molecule has 7 nitrogen and oxygen atoms in total. The number of urea groups is 1. The minimum absolute atomic E-state index is 0.136. The zero-order chi connectivity index (χ0) is 21.4. The van der Waals surface area contributed by atoms with Crippen molar-refractivity contribution in [3.05, 3.63) is 70.9 Å². The molecule has 148 valence electrons. The first-order chi connectivity index (χ1) is 14.4. The van der Waals surface area contributed by atoms with Crippen LogP contribution in [-0.4, -0.2) is 22.4 Å². The Morgan fingerprint density at radius 1 is 1.07 bits per heavy atom. The highest BCUT2D eigenvalue weighted by Gasteiger charge is 2.37. The summed E-state index contributed by atoms with van der Waals surface area (Å²) in [4.78, 5) is 39.2. The fourth-order valence-electron chi connectivity index (χ4n) is 3.61. The second-order valence-electron chi connectivity index (χ2n) is 7.06. The lowest BCUT2D eigenvalue weighted by atomic mass is 10.0. The van der Waals surface area contributed by atoms with E-state index in [9.17, 15) is 14.4 Å². The number of aryl methyl sites for hydroxylation is 1. The zero-order valence-corrected chi connectivity index (χ0v) is 16.5. The van der Waals surface area contributed by atoms with Crippen LogP contribution in [0.4, 0.5) is 10.5 Å². The standard InChI is InChI=1S/C23H18N4O3/c1-14-6-5-9-19(15(14)2)27-22(29)18(21(28)25-23(27)30)12-16-13-26(11-10-24)20-8-4-3-7-17(16)20/h3-9,12-13H,11H2,1-2H3,(H,25,28,30). The molecule has 2 heterocycles. The van der Waals surface area contributed by atoms with E-state index in [0.717, 1.165) is 26.9 Å². The summed E-state index contributed by atoms with van der Waals surface area (Å²) in [7, 11) is 0. The van der Waals surface area contributed by atoms with Gasteiger partial charge in [-0.15, -0.1) is 0 Å². The highest BCUT2D eigenvalue weighted by Crippen LogP contribution is 2.29. The number of hydrogen-bond donors (Lipinski definition) is 1. The molecule has 2 aromatic carbocycles. The summed E-state index contributed by atoms with van der Waals surface area (Å²) < 4.78 is 1.75. The Morgan fingerprint density at radius 3 is 2.60 bits per heavy atom. The fourth-order valence-corrected chi connectivity index (χ4v) is 3.61. The summed E-state index contributed by atoms with van der Waals surface area (Å²) >= 11 is 0. The molecule has 0 radical (unpaired) electrons. The molecule has 1 aliphatic rings. The van der Waals surface area contributed by atoms with E-state index in [0.29, 0.717) is 11.3 Å². The van der Waals surface area contributed by atoms with Gasteiger partial charge in [-0.2, -0.15) is 5.26 Å². The number of amides is 4. The molecular formula is C23H18N4O3. The van der Waals surface area contributed by atoms with Crippen LogP contribution >= 0.6 is 0 Å². The van der Waals surface area contributed by atoms with Crippen LogP contribution < -0.4 is 10.2 Å². The number of aromatic nitrogens is 1. The minimum Gasteiger partial charge on any atom is -0.333 e. The second-order valence-corrected chi connectivity index (χ2v) is 7.06. The maximum Gasteiger partial charge on any atom is 0.335 e. The molecule has 0 bridgehead atoms. The number of nitrogens with one attached hydrogen (secondary N) is 1. The molecule has 30 heavy (non-hydrogen) atoms. The van der Waals surface area contributed by atoms with Crippen LogP contribution in [0.1, 0.15) is 16.7 Å². The van der Waals surface area contributed by atoms with E-state index in [2.05, 4.69) is 11.4 Å². The molecule has 0 unspecified atom stereocenters. The third kappa shape index (κ3) is 3.05. The predicted octanol–water partition coefficient (Wildman–Crippen LogP) is 3.45. The summed E-state index contributed by atoms with van der Waals surface area (Å²) in [5.74, 6) is -1.43. The van der Waals surface area contributed by atoms with Gasteiger partial charge in [0.1, 0.15) is 12.1 Å². The van der Waals surface area contributed by atoms with Crippen molar-refractivity contribution in [2.24, 2.45) is 0 Å². The third-order valence-electron chi connectivity index (χ3n) is 5.28. The number of para-hydroxylation sites is 1. The van der Waals surface area contributed by atoms with E-state index in [1.165, 1.54) is 6.08 Å². The topological polar surface area (TPSA) is 95.2 Å². The molecule has 0 spiro atoms. The van der Waals surface area contributed by atoms with Crippen LogP contribution in [0.2, 0.25) is 0 Å². The Hall–Kier alpha value is -4.18. The first kappa shape index (κ1) is 19.2. The molecule has 0 atom stereocenters. The van der Waals surface area contributed by atoms with Gasteiger partial charge in [-0.05, 0) is 43.2 Å². The van der Waals surface area contributed by atoms with Crippen molar-refractivity contribution in [1.82, 2.24) is 9.88 Å². The molecule has 1 N–H and O–H groups in total. The van der Waals surface area contributed by atoms with Crippen molar-refractivity contribution in [3.8, 4) is 6.07 Å². The molecule has 1 fully saturated rings. The molecule has 4 rings (SSSR count). The summed E-state index contributed by atoms with van der Waals surface area (Å²) in [5, 5.41) is 12.1. The van der Waals surface area contributed by atoms with Crippen molar-refractivity contribution < 1.29 is 14.4 Å². The quantitative estimate of drug-likeness (QED) is 0.540. The van der Waals surface area contributed by atoms with Crippen LogP contribution in [0.25, 0.3) is 17.0 Å². The fraction of sp³-hybridized carbons (Fsp3) is 0.130. The van der Waals surface area contributed by atoms with Gasteiger partial charge in [-0.3, -0.25) is 14.9 Å². The average molecular weight is 398 g/mol. The molecular weight excluding hydrogens is 380 g/mol. The number of imide groups is 2. The minimum atomic E-state index is -0.775. The first-order valence-corrected chi connectivity index (χ1v) is 9.35. The van der Waals surface area contributed by atoms with Gasteiger partial charge in [0, 0.05) is 22.7 Å². The van der Waals surface area contributed by atoms with Gasteiger partial charge in [0.15, 0.2) is 0 Å². The number of carbonyl (C=O) groups excluding carboxylic acids is 3. The molecule has 1 aliphatic heterocycles. The Kier molecular flexibility index (Phi) is 4.68. The van der Waals surface area contributed by atoms with Crippen molar-refractivity contribution >= 4 is 40.5 Å². The lowest BCUT2D eigenvalue weighted by molar-refractivity contribution is -0.122. The van der Waals surface area contributed by atoms with E-state index in [4.69, 9.17) is 5.26 Å². The first-order valence-electron chi connectivity index (χ1n) is 9.35. The Morgan fingerprint density at radius 2 is 1.83 bits per heavy atom. The Labute approximate surface area is 172 Å². The molecule has 7 heteroatoms.